The average Bonchev–Trinajstić information content (AvgIpc) is 3.38. The van der Waals surface area contributed by atoms with Gasteiger partial charge in [0.25, 0.3) is 0 Å². The molecule has 0 aliphatic carbocycles. The molecule has 0 saturated carbocycles. The van der Waals surface area contributed by atoms with Gasteiger partial charge in [-0.2, -0.15) is 0 Å². The van der Waals surface area contributed by atoms with Gasteiger partial charge >= 0.3 is 0 Å². The number of ether oxygens (including phenoxy) is 2. The Hall–Kier alpha value is -2.04. The van der Waals surface area contributed by atoms with Gasteiger partial charge in [0, 0.05) is 37.8 Å². The third-order valence-electron chi connectivity index (χ3n) is 6.17. The standard InChI is InChI=1S/C23H28N2O2/c1-2-22(20-6-5-19-9-13-27-23(19)16-20)25(10-1)17-18-3-7-21(8-4-18)24-11-14-26-15-12-24/h3-8,16,22H,1-2,9-15,17H2/t22-/m1/s1. The van der Waals surface area contributed by atoms with Crippen LogP contribution in [0.4, 0.5) is 5.69 Å². The molecule has 2 aromatic rings. The molecule has 0 bridgehead atoms. The SMILES string of the molecule is c1cc(N2CCOCC2)ccc1CN1CCC[C@@H]1c1ccc2c(c1)OCC2. The van der Waals surface area contributed by atoms with Crippen molar-refractivity contribution in [1.29, 1.82) is 0 Å². The highest BCUT2D eigenvalue weighted by molar-refractivity contribution is 5.48. The van der Waals surface area contributed by atoms with Crippen molar-refractivity contribution in [3.05, 3.63) is 59.2 Å². The Morgan fingerprint density at radius 3 is 2.63 bits per heavy atom. The second kappa shape index (κ2) is 7.53. The minimum Gasteiger partial charge on any atom is -0.493 e. The monoisotopic (exact) mass is 364 g/mol. The van der Waals surface area contributed by atoms with Crippen LogP contribution in [0.3, 0.4) is 0 Å². The summed E-state index contributed by atoms with van der Waals surface area (Å²) < 4.78 is 11.2. The number of hydrogen-bond donors (Lipinski definition) is 0. The lowest BCUT2D eigenvalue weighted by Gasteiger charge is -2.29. The van der Waals surface area contributed by atoms with E-state index in [2.05, 4.69) is 52.3 Å². The van der Waals surface area contributed by atoms with Crippen molar-refractivity contribution in [2.75, 3.05) is 44.4 Å². The van der Waals surface area contributed by atoms with E-state index in [9.17, 15) is 0 Å². The number of anilines is 1. The first kappa shape index (κ1) is 17.1. The summed E-state index contributed by atoms with van der Waals surface area (Å²) in [5, 5.41) is 0. The number of benzene rings is 2. The Morgan fingerprint density at radius 2 is 1.78 bits per heavy atom. The summed E-state index contributed by atoms with van der Waals surface area (Å²) >= 11 is 0. The van der Waals surface area contributed by atoms with Crippen LogP contribution in [0.1, 0.15) is 35.6 Å². The molecule has 2 saturated heterocycles. The molecule has 0 unspecified atom stereocenters. The van der Waals surface area contributed by atoms with Crippen LogP contribution >= 0.6 is 0 Å². The van der Waals surface area contributed by atoms with E-state index in [1.165, 1.54) is 41.8 Å². The summed E-state index contributed by atoms with van der Waals surface area (Å²) in [6.45, 7) is 6.69. The molecule has 142 valence electrons. The van der Waals surface area contributed by atoms with Gasteiger partial charge in [0.15, 0.2) is 0 Å². The molecule has 0 radical (unpaired) electrons. The third-order valence-corrected chi connectivity index (χ3v) is 6.17. The fourth-order valence-electron chi connectivity index (χ4n) is 4.65. The summed E-state index contributed by atoms with van der Waals surface area (Å²) in [7, 11) is 0. The molecule has 3 aliphatic heterocycles. The normalized spacial score (nSPS) is 22.7. The number of likely N-dealkylation sites (tertiary alicyclic amines) is 1. The summed E-state index contributed by atoms with van der Waals surface area (Å²) in [5.41, 5.74) is 5.49. The predicted molar refractivity (Wildman–Crippen MR) is 108 cm³/mol. The highest BCUT2D eigenvalue weighted by atomic mass is 16.5. The van der Waals surface area contributed by atoms with E-state index in [1.807, 2.05) is 0 Å². The van der Waals surface area contributed by atoms with Crippen molar-refractivity contribution >= 4 is 5.69 Å². The third kappa shape index (κ3) is 3.56. The Bertz CT molecular complexity index is 783. The first-order valence-electron chi connectivity index (χ1n) is 10.3. The van der Waals surface area contributed by atoms with Crippen molar-refractivity contribution < 1.29 is 9.47 Å². The maximum Gasteiger partial charge on any atom is 0.122 e. The number of morpholine rings is 1. The van der Waals surface area contributed by atoms with Gasteiger partial charge < -0.3 is 14.4 Å². The first-order chi connectivity index (χ1) is 13.4. The van der Waals surface area contributed by atoms with E-state index in [1.54, 1.807) is 0 Å². The van der Waals surface area contributed by atoms with Gasteiger partial charge in [0.05, 0.1) is 19.8 Å². The van der Waals surface area contributed by atoms with Gasteiger partial charge in [-0.1, -0.05) is 24.3 Å². The summed E-state index contributed by atoms with van der Waals surface area (Å²) in [6.07, 6.45) is 3.57. The molecule has 3 heterocycles. The minimum absolute atomic E-state index is 0.512. The van der Waals surface area contributed by atoms with E-state index in [0.29, 0.717) is 6.04 Å². The second-order valence-electron chi connectivity index (χ2n) is 7.86. The van der Waals surface area contributed by atoms with Crippen LogP contribution in [-0.4, -0.2) is 44.4 Å². The molecule has 5 rings (SSSR count). The van der Waals surface area contributed by atoms with Crippen molar-refractivity contribution in [3.8, 4) is 5.75 Å². The molecule has 3 aliphatic rings. The zero-order chi connectivity index (χ0) is 18.1. The number of rotatable bonds is 4. The first-order valence-corrected chi connectivity index (χ1v) is 10.3. The van der Waals surface area contributed by atoms with Gasteiger partial charge in [-0.15, -0.1) is 0 Å². The molecule has 2 fully saturated rings. The summed E-state index contributed by atoms with van der Waals surface area (Å²) in [5.74, 6) is 1.11. The van der Waals surface area contributed by atoms with Crippen LogP contribution < -0.4 is 9.64 Å². The lowest BCUT2D eigenvalue weighted by atomic mass is 10.0. The molecular weight excluding hydrogens is 336 g/mol. The molecule has 2 aromatic carbocycles. The van der Waals surface area contributed by atoms with Gasteiger partial charge in [0.1, 0.15) is 5.75 Å². The molecule has 0 spiro atoms. The van der Waals surface area contributed by atoms with Gasteiger partial charge in [-0.25, -0.2) is 0 Å². The number of nitrogens with zero attached hydrogens (tertiary/aromatic N) is 2. The van der Waals surface area contributed by atoms with Crippen LogP contribution in [0.25, 0.3) is 0 Å². The Labute approximate surface area is 161 Å². The molecule has 27 heavy (non-hydrogen) atoms. The van der Waals surface area contributed by atoms with Crippen molar-refractivity contribution in [2.45, 2.75) is 31.8 Å². The van der Waals surface area contributed by atoms with Crippen LogP contribution in [0, 0.1) is 0 Å². The smallest absolute Gasteiger partial charge is 0.122 e. The molecule has 0 N–H and O–H groups in total. The predicted octanol–water partition coefficient (Wildman–Crippen LogP) is 3.80. The second-order valence-corrected chi connectivity index (χ2v) is 7.86. The lowest BCUT2D eigenvalue weighted by Crippen LogP contribution is -2.36. The van der Waals surface area contributed by atoms with Crippen LogP contribution in [0.15, 0.2) is 42.5 Å². The maximum atomic E-state index is 5.79. The molecule has 0 aromatic heterocycles. The van der Waals surface area contributed by atoms with E-state index in [-0.39, 0.29) is 0 Å². The van der Waals surface area contributed by atoms with Gasteiger partial charge in [0.2, 0.25) is 0 Å². The summed E-state index contributed by atoms with van der Waals surface area (Å²) in [4.78, 5) is 5.04. The average molecular weight is 364 g/mol. The molecule has 4 nitrogen and oxygen atoms in total. The van der Waals surface area contributed by atoms with Crippen LogP contribution in [-0.2, 0) is 17.7 Å². The molecule has 1 atom stereocenters. The Morgan fingerprint density at radius 1 is 0.926 bits per heavy atom. The maximum absolute atomic E-state index is 5.79. The minimum atomic E-state index is 0.512. The fourth-order valence-corrected chi connectivity index (χ4v) is 4.65. The highest BCUT2D eigenvalue weighted by Crippen LogP contribution is 2.37. The summed E-state index contributed by atoms with van der Waals surface area (Å²) in [6, 6.07) is 16.5. The van der Waals surface area contributed by atoms with E-state index in [4.69, 9.17) is 9.47 Å². The molecule has 4 heteroatoms. The van der Waals surface area contributed by atoms with Gasteiger partial charge in [-0.05, 0) is 54.3 Å². The largest absolute Gasteiger partial charge is 0.493 e. The molecule has 0 amide bonds. The topological polar surface area (TPSA) is 24.9 Å². The molecular formula is C23H28N2O2. The van der Waals surface area contributed by atoms with Crippen molar-refractivity contribution in [3.63, 3.8) is 0 Å². The Kier molecular flexibility index (Phi) is 4.76. The number of fused-ring (bicyclic) bond motifs is 1. The van der Waals surface area contributed by atoms with Crippen molar-refractivity contribution in [2.24, 2.45) is 0 Å². The number of hydrogen-bond acceptors (Lipinski definition) is 4. The van der Waals surface area contributed by atoms with E-state index >= 15 is 0 Å². The zero-order valence-electron chi connectivity index (χ0n) is 15.9. The van der Waals surface area contributed by atoms with E-state index < -0.39 is 0 Å². The van der Waals surface area contributed by atoms with E-state index in [0.717, 1.165) is 51.6 Å². The van der Waals surface area contributed by atoms with Crippen molar-refractivity contribution in [1.82, 2.24) is 4.90 Å². The fraction of sp³-hybridized carbons (Fsp3) is 0.478. The van der Waals surface area contributed by atoms with Gasteiger partial charge in [-0.3, -0.25) is 4.90 Å². The zero-order valence-corrected chi connectivity index (χ0v) is 15.9. The quantitative estimate of drug-likeness (QED) is 0.824. The Balaban J connectivity index is 1.28. The van der Waals surface area contributed by atoms with Crippen LogP contribution in [0.5, 0.6) is 5.75 Å². The highest BCUT2D eigenvalue weighted by Gasteiger charge is 2.27. The lowest BCUT2D eigenvalue weighted by molar-refractivity contribution is 0.122. The van der Waals surface area contributed by atoms with Crippen LogP contribution in [0.2, 0.25) is 0 Å².